The first-order chi connectivity index (χ1) is 8.70. The summed E-state index contributed by atoms with van der Waals surface area (Å²) in [6.07, 6.45) is 0. The van der Waals surface area contributed by atoms with Crippen molar-refractivity contribution < 1.29 is 4.74 Å². The van der Waals surface area contributed by atoms with Crippen LogP contribution in [0.1, 0.15) is 10.4 Å². The van der Waals surface area contributed by atoms with Crippen molar-refractivity contribution in [1.82, 2.24) is 0 Å². The normalized spacial score (nSPS) is 11.3. The van der Waals surface area contributed by atoms with Crippen LogP contribution in [0.2, 0.25) is 5.02 Å². The van der Waals surface area contributed by atoms with E-state index in [1.807, 2.05) is 29.6 Å². The first-order valence-corrected chi connectivity index (χ1v) is 6.41. The molecule has 3 nitrogen and oxygen atoms in total. The number of hydrogen-bond donors (Lipinski definition) is 1. The molecule has 92 valence electrons. The highest BCUT2D eigenvalue weighted by Crippen LogP contribution is 2.20. The molecule has 1 aromatic carbocycles. The van der Waals surface area contributed by atoms with Crippen LogP contribution in [-0.2, 0) is 4.74 Å². The van der Waals surface area contributed by atoms with E-state index in [0.29, 0.717) is 16.7 Å². The van der Waals surface area contributed by atoms with Crippen LogP contribution >= 0.6 is 22.9 Å². The van der Waals surface area contributed by atoms with Crippen LogP contribution in [0.4, 0.5) is 0 Å². The molecule has 0 saturated carbocycles. The molecule has 0 radical (unpaired) electrons. The standard InChI is InChI=1S/C13H11ClN2OS/c1-9(10-4-6-11(14)7-5-10)17-13(16-15)12-3-2-8-18-12/h2-8H,1,15H2/b16-13-. The van der Waals surface area contributed by atoms with Crippen molar-refractivity contribution in [3.8, 4) is 0 Å². The number of rotatable bonds is 3. The monoisotopic (exact) mass is 278 g/mol. The predicted octanol–water partition coefficient (Wildman–Crippen LogP) is 3.71. The summed E-state index contributed by atoms with van der Waals surface area (Å²) < 4.78 is 5.57. The van der Waals surface area contributed by atoms with Crippen LogP contribution in [0.5, 0.6) is 0 Å². The molecular weight excluding hydrogens is 268 g/mol. The van der Waals surface area contributed by atoms with Crippen LogP contribution in [-0.4, -0.2) is 5.90 Å². The van der Waals surface area contributed by atoms with E-state index >= 15 is 0 Å². The van der Waals surface area contributed by atoms with Gasteiger partial charge < -0.3 is 10.6 Å². The Hall–Kier alpha value is -1.78. The van der Waals surface area contributed by atoms with E-state index in [2.05, 4.69) is 11.7 Å². The van der Waals surface area contributed by atoms with Gasteiger partial charge in [0, 0.05) is 10.6 Å². The molecule has 2 N–H and O–H groups in total. The molecule has 2 aromatic rings. The van der Waals surface area contributed by atoms with Gasteiger partial charge in [0.2, 0.25) is 0 Å². The second-order valence-electron chi connectivity index (χ2n) is 3.44. The Morgan fingerprint density at radius 3 is 2.56 bits per heavy atom. The van der Waals surface area contributed by atoms with Crippen molar-refractivity contribution in [2.45, 2.75) is 0 Å². The van der Waals surface area contributed by atoms with Crippen molar-refractivity contribution in [1.29, 1.82) is 0 Å². The van der Waals surface area contributed by atoms with E-state index in [1.54, 1.807) is 12.1 Å². The van der Waals surface area contributed by atoms with E-state index < -0.39 is 0 Å². The van der Waals surface area contributed by atoms with Gasteiger partial charge in [-0.15, -0.1) is 16.4 Å². The summed E-state index contributed by atoms with van der Waals surface area (Å²) >= 11 is 7.32. The van der Waals surface area contributed by atoms with Crippen molar-refractivity contribution in [2.24, 2.45) is 10.9 Å². The Bertz CT molecular complexity index is 561. The van der Waals surface area contributed by atoms with Crippen LogP contribution in [0, 0.1) is 0 Å². The van der Waals surface area contributed by atoms with Gasteiger partial charge in [0.1, 0.15) is 5.76 Å². The molecule has 18 heavy (non-hydrogen) atoms. The summed E-state index contributed by atoms with van der Waals surface area (Å²) in [5.74, 6) is 6.15. The third-order valence-electron chi connectivity index (χ3n) is 2.24. The maximum atomic E-state index is 5.82. The minimum Gasteiger partial charge on any atom is -0.437 e. The Morgan fingerprint density at radius 1 is 1.28 bits per heavy atom. The minimum absolute atomic E-state index is 0.352. The molecule has 0 atom stereocenters. The number of thiophene rings is 1. The molecule has 0 aliphatic heterocycles. The van der Waals surface area contributed by atoms with Crippen LogP contribution in [0.25, 0.3) is 5.76 Å². The fourth-order valence-electron chi connectivity index (χ4n) is 1.35. The van der Waals surface area contributed by atoms with Gasteiger partial charge in [0.05, 0.1) is 4.88 Å². The highest BCUT2D eigenvalue weighted by atomic mass is 35.5. The van der Waals surface area contributed by atoms with E-state index in [0.717, 1.165) is 10.4 Å². The van der Waals surface area contributed by atoms with Gasteiger partial charge in [0.25, 0.3) is 5.90 Å². The number of nitrogens with two attached hydrogens (primary N) is 1. The van der Waals surface area contributed by atoms with E-state index in [-0.39, 0.29) is 0 Å². The molecule has 0 aliphatic rings. The van der Waals surface area contributed by atoms with Gasteiger partial charge in [-0.25, -0.2) is 0 Å². The molecule has 0 aliphatic carbocycles. The predicted molar refractivity (Wildman–Crippen MR) is 76.6 cm³/mol. The Kier molecular flexibility index (Phi) is 4.02. The Labute approximate surface area is 114 Å². The van der Waals surface area contributed by atoms with Gasteiger partial charge in [-0.05, 0) is 35.7 Å². The van der Waals surface area contributed by atoms with Crippen molar-refractivity contribution in [3.05, 3.63) is 63.8 Å². The van der Waals surface area contributed by atoms with Crippen LogP contribution in [0.15, 0.2) is 53.5 Å². The van der Waals surface area contributed by atoms with Gasteiger partial charge >= 0.3 is 0 Å². The van der Waals surface area contributed by atoms with Gasteiger partial charge in [-0.2, -0.15) is 0 Å². The quantitative estimate of drug-likeness (QED) is 0.306. The number of benzene rings is 1. The smallest absolute Gasteiger partial charge is 0.253 e. The SMILES string of the molecule is C=C(O/C(=N\N)c1cccs1)c1ccc(Cl)cc1. The number of hydrazone groups is 1. The molecule has 2 rings (SSSR count). The average Bonchev–Trinajstić information content (AvgIpc) is 2.90. The lowest BCUT2D eigenvalue weighted by atomic mass is 10.2. The zero-order valence-electron chi connectivity index (χ0n) is 9.47. The average molecular weight is 279 g/mol. The lowest BCUT2D eigenvalue weighted by Gasteiger charge is -2.09. The summed E-state index contributed by atoms with van der Waals surface area (Å²) in [5.41, 5.74) is 0.831. The number of ether oxygens (including phenoxy) is 1. The summed E-state index contributed by atoms with van der Waals surface area (Å²) in [7, 11) is 0. The van der Waals surface area contributed by atoms with Gasteiger partial charge in [-0.1, -0.05) is 24.2 Å². The lowest BCUT2D eigenvalue weighted by molar-refractivity contribution is 0.509. The number of halogens is 1. The first-order valence-electron chi connectivity index (χ1n) is 5.15. The van der Waals surface area contributed by atoms with Crippen molar-refractivity contribution in [3.63, 3.8) is 0 Å². The second-order valence-corrected chi connectivity index (χ2v) is 4.83. The molecular formula is C13H11ClN2OS. The summed E-state index contributed by atoms with van der Waals surface area (Å²) in [5, 5.41) is 6.22. The van der Waals surface area contributed by atoms with Crippen LogP contribution < -0.4 is 5.84 Å². The Morgan fingerprint density at radius 2 is 2.00 bits per heavy atom. The lowest BCUT2D eigenvalue weighted by Crippen LogP contribution is -2.06. The fraction of sp³-hybridized carbons (Fsp3) is 0. The largest absolute Gasteiger partial charge is 0.437 e. The zero-order chi connectivity index (χ0) is 13.0. The molecule has 0 unspecified atom stereocenters. The highest BCUT2D eigenvalue weighted by molar-refractivity contribution is 7.12. The van der Waals surface area contributed by atoms with E-state index in [9.17, 15) is 0 Å². The number of nitrogens with zero attached hydrogens (tertiary/aromatic N) is 1. The first kappa shape index (κ1) is 12.7. The third-order valence-corrected chi connectivity index (χ3v) is 3.35. The van der Waals surface area contributed by atoms with Crippen molar-refractivity contribution >= 4 is 34.6 Å². The van der Waals surface area contributed by atoms with E-state index in [4.69, 9.17) is 22.2 Å². The van der Waals surface area contributed by atoms with E-state index in [1.165, 1.54) is 11.3 Å². The minimum atomic E-state index is 0.352. The maximum Gasteiger partial charge on any atom is 0.253 e. The molecule has 0 spiro atoms. The molecule has 1 aromatic heterocycles. The fourth-order valence-corrected chi connectivity index (χ4v) is 2.13. The molecule has 0 fully saturated rings. The van der Waals surface area contributed by atoms with Gasteiger partial charge in [0.15, 0.2) is 0 Å². The highest BCUT2D eigenvalue weighted by Gasteiger charge is 2.09. The van der Waals surface area contributed by atoms with Crippen LogP contribution in [0.3, 0.4) is 0 Å². The summed E-state index contributed by atoms with van der Waals surface area (Å²) in [4.78, 5) is 0.854. The molecule has 5 heteroatoms. The van der Waals surface area contributed by atoms with Crippen molar-refractivity contribution in [2.75, 3.05) is 0 Å². The topological polar surface area (TPSA) is 47.6 Å². The molecule has 0 bridgehead atoms. The third kappa shape index (κ3) is 2.91. The Balaban J connectivity index is 2.14. The van der Waals surface area contributed by atoms with Gasteiger partial charge in [-0.3, -0.25) is 0 Å². The molecule has 0 saturated heterocycles. The maximum absolute atomic E-state index is 5.82. The molecule has 0 amide bonds. The number of hydrogen-bond acceptors (Lipinski definition) is 4. The molecule has 1 heterocycles. The summed E-state index contributed by atoms with van der Waals surface area (Å²) in [6.45, 7) is 3.86. The summed E-state index contributed by atoms with van der Waals surface area (Å²) in [6, 6.07) is 11.0. The zero-order valence-corrected chi connectivity index (χ0v) is 11.0. The second kappa shape index (κ2) is 5.71.